The molecule has 0 fully saturated rings. The normalized spacial score (nSPS) is 11.2. The zero-order valence-electron chi connectivity index (χ0n) is 27.3. The van der Waals surface area contributed by atoms with Crippen molar-refractivity contribution in [3.63, 3.8) is 0 Å². The van der Waals surface area contributed by atoms with Crippen LogP contribution in [0.1, 0.15) is 0 Å². The lowest BCUT2D eigenvalue weighted by atomic mass is 9.98. The Bertz CT molecular complexity index is 2540. The van der Waals surface area contributed by atoms with Crippen LogP contribution in [0, 0.1) is 0 Å². The number of fused-ring (bicyclic) bond motifs is 3. The van der Waals surface area contributed by atoms with E-state index in [1.807, 2.05) is 36.4 Å². The molecule has 0 N–H and O–H groups in total. The topological polar surface area (TPSA) is 29.3 Å². The molecule has 3 nitrogen and oxygen atoms in total. The Morgan fingerprint density at radius 3 is 1.38 bits per heavy atom. The average Bonchev–Trinajstić information content (AvgIpc) is 3.65. The van der Waals surface area contributed by atoms with Crippen molar-refractivity contribution in [2.24, 2.45) is 0 Å². The quantitative estimate of drug-likeness (QED) is 0.174. The van der Waals surface area contributed by atoms with Gasteiger partial charge in [-0.15, -0.1) is 0 Å². The summed E-state index contributed by atoms with van der Waals surface area (Å²) in [5.41, 5.74) is 13.1. The number of hydrogen-bond acceptors (Lipinski definition) is 3. The van der Waals surface area contributed by atoms with Gasteiger partial charge in [-0.25, -0.2) is 4.98 Å². The lowest BCUT2D eigenvalue weighted by Crippen LogP contribution is -2.09. The highest BCUT2D eigenvalue weighted by atomic mass is 16.3. The maximum absolute atomic E-state index is 6.10. The highest BCUT2D eigenvalue weighted by Crippen LogP contribution is 2.37. The smallest absolute Gasteiger partial charge is 0.227 e. The summed E-state index contributed by atoms with van der Waals surface area (Å²) in [4.78, 5) is 7.16. The van der Waals surface area contributed by atoms with Crippen molar-refractivity contribution in [2.75, 3.05) is 4.90 Å². The predicted octanol–water partition coefficient (Wildman–Crippen LogP) is 13.1. The molecule has 0 aliphatic carbocycles. The second-order valence-corrected chi connectivity index (χ2v) is 12.4. The van der Waals surface area contributed by atoms with E-state index < -0.39 is 0 Å². The van der Waals surface area contributed by atoms with E-state index in [1.54, 1.807) is 0 Å². The van der Waals surface area contributed by atoms with Gasteiger partial charge in [0.2, 0.25) is 5.89 Å². The maximum Gasteiger partial charge on any atom is 0.227 e. The summed E-state index contributed by atoms with van der Waals surface area (Å²) in [7, 11) is 0. The third-order valence-electron chi connectivity index (χ3n) is 9.32. The molecule has 0 bridgehead atoms. The first-order valence-corrected chi connectivity index (χ1v) is 16.9. The van der Waals surface area contributed by atoms with Gasteiger partial charge in [-0.3, -0.25) is 0 Å². The second-order valence-electron chi connectivity index (χ2n) is 12.4. The van der Waals surface area contributed by atoms with Gasteiger partial charge < -0.3 is 9.32 Å². The summed E-state index contributed by atoms with van der Waals surface area (Å²) in [5.74, 6) is 0.645. The average molecular weight is 641 g/mol. The van der Waals surface area contributed by atoms with Crippen LogP contribution in [0.25, 0.3) is 66.7 Å². The summed E-state index contributed by atoms with van der Waals surface area (Å²) in [6.07, 6.45) is 0. The minimum absolute atomic E-state index is 0.645. The Balaban J connectivity index is 0.979. The van der Waals surface area contributed by atoms with Gasteiger partial charge >= 0.3 is 0 Å². The molecule has 9 rings (SSSR count). The van der Waals surface area contributed by atoms with Crippen LogP contribution < -0.4 is 4.90 Å². The number of rotatable bonds is 7. The van der Waals surface area contributed by atoms with E-state index in [-0.39, 0.29) is 0 Å². The number of benzene rings is 8. The van der Waals surface area contributed by atoms with Crippen LogP contribution in [0.4, 0.5) is 17.1 Å². The molecule has 0 aliphatic heterocycles. The van der Waals surface area contributed by atoms with Crippen LogP contribution in [-0.2, 0) is 0 Å². The van der Waals surface area contributed by atoms with Gasteiger partial charge in [0.05, 0.1) is 0 Å². The number of oxazole rings is 1. The fourth-order valence-electron chi connectivity index (χ4n) is 6.72. The van der Waals surface area contributed by atoms with Crippen LogP contribution in [0.5, 0.6) is 0 Å². The van der Waals surface area contributed by atoms with Gasteiger partial charge in [0.15, 0.2) is 5.58 Å². The Kier molecular flexibility index (Phi) is 7.49. The fraction of sp³-hybridized carbons (Fsp3) is 0. The molecule has 9 aromatic rings. The van der Waals surface area contributed by atoms with Crippen molar-refractivity contribution >= 4 is 38.9 Å². The molecule has 0 saturated heterocycles. The molecule has 0 spiro atoms. The molecule has 0 amide bonds. The van der Waals surface area contributed by atoms with Crippen molar-refractivity contribution in [3.05, 3.63) is 194 Å². The highest BCUT2D eigenvalue weighted by molar-refractivity contribution is 6.05. The predicted molar refractivity (Wildman–Crippen MR) is 208 cm³/mol. The molecule has 1 heterocycles. The van der Waals surface area contributed by atoms with Crippen LogP contribution in [-0.4, -0.2) is 4.98 Å². The summed E-state index contributed by atoms with van der Waals surface area (Å²) in [6.45, 7) is 0. The van der Waals surface area contributed by atoms with Gasteiger partial charge in [-0.05, 0) is 99.4 Å². The first kappa shape index (κ1) is 29.4. The maximum atomic E-state index is 6.10. The van der Waals surface area contributed by atoms with Crippen molar-refractivity contribution < 1.29 is 4.42 Å². The minimum atomic E-state index is 0.645. The van der Waals surface area contributed by atoms with E-state index >= 15 is 0 Å². The molecule has 0 radical (unpaired) electrons. The lowest BCUT2D eigenvalue weighted by molar-refractivity contribution is 0.620. The molecular weight excluding hydrogens is 609 g/mol. The highest BCUT2D eigenvalue weighted by Gasteiger charge is 2.14. The number of aromatic nitrogens is 1. The van der Waals surface area contributed by atoms with Crippen molar-refractivity contribution in [1.82, 2.24) is 4.98 Å². The Morgan fingerprint density at radius 1 is 0.360 bits per heavy atom. The first-order chi connectivity index (χ1) is 24.8. The molecule has 0 unspecified atom stereocenters. The van der Waals surface area contributed by atoms with Crippen molar-refractivity contribution in [3.8, 4) is 44.8 Å². The van der Waals surface area contributed by atoms with E-state index in [0.717, 1.165) is 44.5 Å². The largest absolute Gasteiger partial charge is 0.436 e. The second kappa shape index (κ2) is 12.7. The van der Waals surface area contributed by atoms with Crippen LogP contribution in [0.2, 0.25) is 0 Å². The Labute approximate surface area is 291 Å². The minimum Gasteiger partial charge on any atom is -0.436 e. The molecule has 0 saturated carbocycles. The zero-order chi connectivity index (χ0) is 33.3. The number of para-hydroxylation sites is 1. The Morgan fingerprint density at radius 2 is 0.800 bits per heavy atom. The molecule has 50 heavy (non-hydrogen) atoms. The Hall–Kier alpha value is -6.71. The van der Waals surface area contributed by atoms with Gasteiger partial charge in [0.25, 0.3) is 0 Å². The first-order valence-electron chi connectivity index (χ1n) is 16.9. The molecular formula is C47H32N2O. The monoisotopic (exact) mass is 640 g/mol. The number of anilines is 3. The van der Waals surface area contributed by atoms with E-state index in [0.29, 0.717) is 5.89 Å². The van der Waals surface area contributed by atoms with E-state index in [1.165, 1.54) is 33.4 Å². The molecule has 8 aromatic carbocycles. The number of hydrogen-bond donors (Lipinski definition) is 0. The van der Waals surface area contributed by atoms with E-state index in [2.05, 4.69) is 163 Å². The summed E-state index contributed by atoms with van der Waals surface area (Å²) in [6, 6.07) is 68.2. The summed E-state index contributed by atoms with van der Waals surface area (Å²) in [5, 5.41) is 2.23. The van der Waals surface area contributed by atoms with Gasteiger partial charge in [0, 0.05) is 28.0 Å². The standard InChI is InChI=1S/C47H32N2O/c1-4-10-33(11-5-1)35-20-26-42(27-21-35)49(41-14-8-3-9-15-41)43-28-22-36(23-29-43)34-16-18-37(19-17-34)39-24-30-44-40(32-39)25-31-45-46(44)48-47(50-45)38-12-6-2-7-13-38/h1-32H. The molecule has 236 valence electrons. The van der Waals surface area contributed by atoms with Crippen LogP contribution in [0.3, 0.4) is 0 Å². The van der Waals surface area contributed by atoms with E-state index in [9.17, 15) is 0 Å². The molecule has 0 aliphatic rings. The number of nitrogens with zero attached hydrogens (tertiary/aromatic N) is 2. The lowest BCUT2D eigenvalue weighted by Gasteiger charge is -2.26. The van der Waals surface area contributed by atoms with Gasteiger partial charge in [-0.2, -0.15) is 0 Å². The molecule has 1 aromatic heterocycles. The summed E-state index contributed by atoms with van der Waals surface area (Å²) >= 11 is 0. The molecule has 3 heteroatoms. The molecule has 0 atom stereocenters. The third kappa shape index (κ3) is 5.61. The fourth-order valence-corrected chi connectivity index (χ4v) is 6.72. The van der Waals surface area contributed by atoms with Crippen molar-refractivity contribution in [1.29, 1.82) is 0 Å². The van der Waals surface area contributed by atoms with E-state index in [4.69, 9.17) is 9.40 Å². The SMILES string of the molecule is c1ccc(-c2ccc(N(c3ccccc3)c3ccc(-c4ccc(-c5ccc6c(ccc7oc(-c8ccccc8)nc76)c5)cc4)cc3)cc2)cc1. The third-order valence-corrected chi connectivity index (χ3v) is 9.32. The van der Waals surface area contributed by atoms with Gasteiger partial charge in [-0.1, -0.05) is 133 Å². The van der Waals surface area contributed by atoms with Crippen LogP contribution >= 0.6 is 0 Å². The van der Waals surface area contributed by atoms with Crippen LogP contribution in [0.15, 0.2) is 199 Å². The van der Waals surface area contributed by atoms with Crippen molar-refractivity contribution in [2.45, 2.75) is 0 Å². The summed E-state index contributed by atoms with van der Waals surface area (Å²) < 4.78 is 6.10. The zero-order valence-corrected chi connectivity index (χ0v) is 27.3. The van der Waals surface area contributed by atoms with Gasteiger partial charge in [0.1, 0.15) is 5.52 Å².